The molecular formula is C20H21F3N6O2. The van der Waals surface area contributed by atoms with Crippen molar-refractivity contribution in [1.82, 2.24) is 30.0 Å². The summed E-state index contributed by atoms with van der Waals surface area (Å²) < 4.78 is 45.7. The van der Waals surface area contributed by atoms with E-state index in [1.807, 2.05) is 13.8 Å². The predicted octanol–water partition coefficient (Wildman–Crippen LogP) is 3.95. The molecule has 1 saturated heterocycles. The lowest BCUT2D eigenvalue weighted by Crippen LogP contribution is -2.39. The third-order valence-electron chi connectivity index (χ3n) is 5.25. The molecule has 0 N–H and O–H groups in total. The average Bonchev–Trinajstić information content (AvgIpc) is 3.43. The van der Waals surface area contributed by atoms with Crippen molar-refractivity contribution in [3.8, 4) is 11.6 Å². The van der Waals surface area contributed by atoms with E-state index in [1.165, 1.54) is 12.1 Å². The molecule has 0 saturated carbocycles. The number of carbonyl (C=O) groups is 1. The van der Waals surface area contributed by atoms with Gasteiger partial charge in [0.15, 0.2) is 11.5 Å². The highest BCUT2D eigenvalue weighted by molar-refractivity contribution is 5.94. The molecule has 0 unspecified atom stereocenters. The summed E-state index contributed by atoms with van der Waals surface area (Å²) in [6, 6.07) is 4.53. The van der Waals surface area contributed by atoms with E-state index in [4.69, 9.17) is 4.52 Å². The molecule has 1 fully saturated rings. The number of nitrogens with zero attached hydrogens (tertiary/aromatic N) is 6. The molecule has 3 heterocycles. The van der Waals surface area contributed by atoms with E-state index in [0.717, 1.165) is 12.1 Å². The molecule has 2 aromatic heterocycles. The van der Waals surface area contributed by atoms with Crippen LogP contribution in [0.3, 0.4) is 0 Å². The Balaban J connectivity index is 1.40. The fraction of sp³-hybridized carbons (Fsp3) is 0.450. The van der Waals surface area contributed by atoms with E-state index in [0.29, 0.717) is 43.3 Å². The third-order valence-corrected chi connectivity index (χ3v) is 5.25. The number of hydrogen-bond donors (Lipinski definition) is 0. The quantitative estimate of drug-likeness (QED) is 0.618. The molecule has 1 aromatic carbocycles. The van der Waals surface area contributed by atoms with Crippen LogP contribution in [0.4, 0.5) is 13.2 Å². The van der Waals surface area contributed by atoms with E-state index in [1.54, 1.807) is 15.8 Å². The number of alkyl halides is 3. The van der Waals surface area contributed by atoms with Gasteiger partial charge in [0.05, 0.1) is 17.8 Å². The SMILES string of the molecule is CC(C)c1noc(-c2cn(C3CCN(C(=O)c4cccc(C(F)(F)F)c4)CC3)nn2)n1. The van der Waals surface area contributed by atoms with Crippen LogP contribution in [0.5, 0.6) is 0 Å². The van der Waals surface area contributed by atoms with Gasteiger partial charge in [0.1, 0.15) is 0 Å². The highest BCUT2D eigenvalue weighted by atomic mass is 19.4. The zero-order valence-corrected chi connectivity index (χ0v) is 17.0. The van der Waals surface area contributed by atoms with Crippen LogP contribution in [0.2, 0.25) is 0 Å². The van der Waals surface area contributed by atoms with Crippen LogP contribution in [0, 0.1) is 0 Å². The van der Waals surface area contributed by atoms with Gasteiger partial charge in [0.2, 0.25) is 0 Å². The Labute approximate surface area is 176 Å². The molecule has 4 rings (SSSR count). The minimum Gasteiger partial charge on any atom is -0.338 e. The first kappa shape index (κ1) is 21.0. The molecule has 0 aliphatic carbocycles. The topological polar surface area (TPSA) is 89.9 Å². The zero-order valence-electron chi connectivity index (χ0n) is 17.0. The van der Waals surface area contributed by atoms with Gasteiger partial charge < -0.3 is 9.42 Å². The third kappa shape index (κ3) is 4.44. The second-order valence-electron chi connectivity index (χ2n) is 7.80. The van der Waals surface area contributed by atoms with Crippen LogP contribution in [0.15, 0.2) is 35.0 Å². The minimum absolute atomic E-state index is 0.0132. The maximum absolute atomic E-state index is 12.9. The maximum Gasteiger partial charge on any atom is 0.416 e. The second-order valence-corrected chi connectivity index (χ2v) is 7.80. The number of rotatable bonds is 4. The van der Waals surface area contributed by atoms with Crippen molar-refractivity contribution in [3.05, 3.63) is 47.4 Å². The number of piperidine rings is 1. The van der Waals surface area contributed by atoms with Gasteiger partial charge in [-0.25, -0.2) is 4.68 Å². The Hall–Kier alpha value is -3.24. The van der Waals surface area contributed by atoms with E-state index in [2.05, 4.69) is 20.5 Å². The highest BCUT2D eigenvalue weighted by Gasteiger charge is 2.32. The van der Waals surface area contributed by atoms with Gasteiger partial charge in [0.25, 0.3) is 11.8 Å². The molecule has 164 valence electrons. The Kier molecular flexibility index (Phi) is 5.50. The number of halogens is 3. The van der Waals surface area contributed by atoms with Crippen LogP contribution in [-0.2, 0) is 6.18 Å². The van der Waals surface area contributed by atoms with E-state index >= 15 is 0 Å². The van der Waals surface area contributed by atoms with Gasteiger partial charge in [-0.1, -0.05) is 30.3 Å². The van der Waals surface area contributed by atoms with Crippen molar-refractivity contribution in [2.24, 2.45) is 0 Å². The number of aromatic nitrogens is 5. The molecule has 0 atom stereocenters. The summed E-state index contributed by atoms with van der Waals surface area (Å²) in [5.41, 5.74) is -0.319. The Bertz CT molecular complexity index is 1070. The van der Waals surface area contributed by atoms with Gasteiger partial charge in [-0.05, 0) is 31.0 Å². The number of likely N-dealkylation sites (tertiary alicyclic amines) is 1. The summed E-state index contributed by atoms with van der Waals surface area (Å²) in [4.78, 5) is 18.5. The smallest absolute Gasteiger partial charge is 0.338 e. The van der Waals surface area contributed by atoms with Gasteiger partial charge in [-0.3, -0.25) is 4.79 Å². The van der Waals surface area contributed by atoms with Gasteiger partial charge in [-0.2, -0.15) is 18.2 Å². The summed E-state index contributed by atoms with van der Waals surface area (Å²) in [6.45, 7) is 4.74. The summed E-state index contributed by atoms with van der Waals surface area (Å²) in [5.74, 6) is 0.611. The van der Waals surface area contributed by atoms with Crippen molar-refractivity contribution in [2.75, 3.05) is 13.1 Å². The van der Waals surface area contributed by atoms with Crippen molar-refractivity contribution >= 4 is 5.91 Å². The number of hydrogen-bond acceptors (Lipinski definition) is 6. The Morgan fingerprint density at radius 3 is 2.61 bits per heavy atom. The summed E-state index contributed by atoms with van der Waals surface area (Å²) in [5, 5.41) is 12.2. The van der Waals surface area contributed by atoms with Gasteiger partial charge in [-0.15, -0.1) is 5.10 Å². The fourth-order valence-corrected chi connectivity index (χ4v) is 3.47. The largest absolute Gasteiger partial charge is 0.416 e. The number of amides is 1. The molecule has 11 heteroatoms. The molecule has 31 heavy (non-hydrogen) atoms. The zero-order chi connectivity index (χ0) is 22.2. The van der Waals surface area contributed by atoms with Crippen molar-refractivity contribution in [1.29, 1.82) is 0 Å². The lowest BCUT2D eigenvalue weighted by molar-refractivity contribution is -0.137. The van der Waals surface area contributed by atoms with Crippen LogP contribution < -0.4 is 0 Å². The van der Waals surface area contributed by atoms with Gasteiger partial charge >= 0.3 is 6.18 Å². The molecule has 0 spiro atoms. The van der Waals surface area contributed by atoms with Crippen LogP contribution in [-0.4, -0.2) is 49.0 Å². The lowest BCUT2D eigenvalue weighted by Gasteiger charge is -2.32. The average molecular weight is 434 g/mol. The molecule has 1 amide bonds. The van der Waals surface area contributed by atoms with Crippen LogP contribution >= 0.6 is 0 Å². The first-order valence-corrected chi connectivity index (χ1v) is 9.94. The van der Waals surface area contributed by atoms with Crippen molar-refractivity contribution in [3.63, 3.8) is 0 Å². The Morgan fingerprint density at radius 1 is 1.23 bits per heavy atom. The molecule has 3 aromatic rings. The first-order chi connectivity index (χ1) is 14.7. The molecule has 1 aliphatic heterocycles. The summed E-state index contributed by atoms with van der Waals surface area (Å²) in [7, 11) is 0. The Morgan fingerprint density at radius 2 is 1.97 bits per heavy atom. The fourth-order valence-electron chi connectivity index (χ4n) is 3.47. The van der Waals surface area contributed by atoms with Crippen molar-refractivity contribution < 1.29 is 22.5 Å². The number of benzene rings is 1. The lowest BCUT2D eigenvalue weighted by atomic mass is 10.0. The van der Waals surface area contributed by atoms with E-state index < -0.39 is 17.6 Å². The van der Waals surface area contributed by atoms with Gasteiger partial charge in [0, 0.05) is 24.6 Å². The van der Waals surface area contributed by atoms with Crippen molar-refractivity contribution in [2.45, 2.75) is 44.8 Å². The molecule has 0 bridgehead atoms. The summed E-state index contributed by atoms with van der Waals surface area (Å²) in [6.07, 6.45) is -1.54. The summed E-state index contributed by atoms with van der Waals surface area (Å²) >= 11 is 0. The first-order valence-electron chi connectivity index (χ1n) is 9.94. The van der Waals surface area contributed by atoms with Crippen LogP contribution in [0.25, 0.3) is 11.6 Å². The van der Waals surface area contributed by atoms with Crippen LogP contribution in [0.1, 0.15) is 60.4 Å². The monoisotopic (exact) mass is 434 g/mol. The molecule has 0 radical (unpaired) electrons. The molecule has 1 aliphatic rings. The molecule has 8 nitrogen and oxygen atoms in total. The normalized spacial score (nSPS) is 15.6. The predicted molar refractivity (Wildman–Crippen MR) is 103 cm³/mol. The number of carbonyl (C=O) groups excluding carboxylic acids is 1. The second kappa shape index (κ2) is 8.12. The highest BCUT2D eigenvalue weighted by Crippen LogP contribution is 2.30. The standard InChI is InChI=1S/C20H21F3N6O2/c1-12(2)17-24-18(31-26-17)16-11-29(27-25-16)15-6-8-28(9-7-15)19(30)13-4-3-5-14(10-13)20(21,22)23/h3-5,10-12,15H,6-9H2,1-2H3. The minimum atomic E-state index is -4.48. The van der Waals surface area contributed by atoms with E-state index in [9.17, 15) is 18.0 Å². The molecular weight excluding hydrogens is 413 g/mol. The van der Waals surface area contributed by atoms with E-state index in [-0.39, 0.29) is 17.5 Å². The maximum atomic E-state index is 12.9.